The summed E-state index contributed by atoms with van der Waals surface area (Å²) in [6.45, 7) is 0. The fourth-order valence-corrected chi connectivity index (χ4v) is 9.51. The Balaban J connectivity index is 1.01. The number of rotatable bonds is 8. The van der Waals surface area contributed by atoms with Crippen LogP contribution < -0.4 is 9.80 Å². The van der Waals surface area contributed by atoms with Gasteiger partial charge in [0, 0.05) is 39.2 Å². The van der Waals surface area contributed by atoms with Crippen molar-refractivity contribution < 1.29 is 4.42 Å². The largest absolute Gasteiger partial charge is 0.456 e. The Morgan fingerprint density at radius 3 is 1.51 bits per heavy atom. The van der Waals surface area contributed by atoms with E-state index < -0.39 is 0 Å². The van der Waals surface area contributed by atoms with Gasteiger partial charge in [-0.1, -0.05) is 164 Å². The van der Waals surface area contributed by atoms with Crippen molar-refractivity contribution in [1.29, 1.82) is 0 Å². The van der Waals surface area contributed by atoms with Gasteiger partial charge in [-0.05, 0) is 128 Å². The molecular formula is C60H40N2O. The number of hydrogen-bond acceptors (Lipinski definition) is 3. The summed E-state index contributed by atoms with van der Waals surface area (Å²) >= 11 is 0. The van der Waals surface area contributed by atoms with Gasteiger partial charge in [-0.2, -0.15) is 0 Å². The molecule has 0 fully saturated rings. The average molecular weight is 805 g/mol. The zero-order valence-corrected chi connectivity index (χ0v) is 34.4. The highest BCUT2D eigenvalue weighted by atomic mass is 16.3. The van der Waals surface area contributed by atoms with Crippen LogP contribution in [0.1, 0.15) is 0 Å². The normalized spacial score (nSPS) is 11.5. The molecule has 1 aromatic heterocycles. The van der Waals surface area contributed by atoms with Crippen LogP contribution in [0.4, 0.5) is 34.1 Å². The smallest absolute Gasteiger partial charge is 0.138 e. The van der Waals surface area contributed by atoms with E-state index in [-0.39, 0.29) is 0 Å². The SMILES string of the molecule is c1ccc(N(c2ccc(-c3cc(-c4cccc5ccccc45)cc4ccccc34)cc2)c2cccc(N(c3ccccc3)c3c4ccccc4cc4oc5ccccc5c34)c2)cc1. The predicted octanol–water partition coefficient (Wildman–Crippen LogP) is 17.3. The van der Waals surface area contributed by atoms with Crippen molar-refractivity contribution in [2.45, 2.75) is 0 Å². The molecule has 0 aliphatic heterocycles. The third kappa shape index (κ3) is 6.38. The second-order valence-corrected chi connectivity index (χ2v) is 16.1. The Morgan fingerprint density at radius 2 is 0.778 bits per heavy atom. The first-order valence-corrected chi connectivity index (χ1v) is 21.5. The molecule has 0 amide bonds. The van der Waals surface area contributed by atoms with E-state index in [1.807, 2.05) is 6.07 Å². The summed E-state index contributed by atoms with van der Waals surface area (Å²) in [5.41, 5.74) is 12.9. The highest BCUT2D eigenvalue weighted by Gasteiger charge is 2.24. The van der Waals surface area contributed by atoms with E-state index in [4.69, 9.17) is 4.42 Å². The first-order valence-electron chi connectivity index (χ1n) is 21.5. The maximum absolute atomic E-state index is 6.58. The highest BCUT2D eigenvalue weighted by molar-refractivity contribution is 6.22. The van der Waals surface area contributed by atoms with Gasteiger partial charge in [-0.15, -0.1) is 0 Å². The Labute approximate surface area is 365 Å². The number of fused-ring (bicyclic) bond motifs is 6. The lowest BCUT2D eigenvalue weighted by Crippen LogP contribution is -2.13. The lowest BCUT2D eigenvalue weighted by molar-refractivity contribution is 0.669. The predicted molar refractivity (Wildman–Crippen MR) is 266 cm³/mol. The van der Waals surface area contributed by atoms with Crippen molar-refractivity contribution in [2.75, 3.05) is 9.80 Å². The topological polar surface area (TPSA) is 19.6 Å². The molecule has 0 aliphatic rings. The number of benzene rings is 11. The minimum Gasteiger partial charge on any atom is -0.456 e. The van der Waals surface area contributed by atoms with Gasteiger partial charge >= 0.3 is 0 Å². The monoisotopic (exact) mass is 804 g/mol. The van der Waals surface area contributed by atoms with Crippen molar-refractivity contribution in [3.63, 3.8) is 0 Å². The molecule has 0 radical (unpaired) electrons. The van der Waals surface area contributed by atoms with Crippen LogP contribution >= 0.6 is 0 Å². The first-order chi connectivity index (χ1) is 31.2. The summed E-state index contributed by atoms with van der Waals surface area (Å²) in [4.78, 5) is 4.75. The van der Waals surface area contributed by atoms with E-state index >= 15 is 0 Å². The van der Waals surface area contributed by atoms with Crippen LogP contribution in [0.15, 0.2) is 247 Å². The number of furan rings is 1. The van der Waals surface area contributed by atoms with Crippen LogP contribution in [0.2, 0.25) is 0 Å². The number of hydrogen-bond donors (Lipinski definition) is 0. The average Bonchev–Trinajstić information content (AvgIpc) is 3.73. The molecule has 0 atom stereocenters. The molecule has 12 aromatic rings. The van der Waals surface area contributed by atoms with Crippen molar-refractivity contribution in [1.82, 2.24) is 0 Å². The zero-order chi connectivity index (χ0) is 41.7. The lowest BCUT2D eigenvalue weighted by atomic mass is 9.91. The first kappa shape index (κ1) is 36.5. The Hall–Kier alpha value is -8.40. The van der Waals surface area contributed by atoms with Crippen LogP contribution in [-0.2, 0) is 0 Å². The zero-order valence-electron chi connectivity index (χ0n) is 34.4. The summed E-state index contributed by atoms with van der Waals surface area (Å²) in [6.07, 6.45) is 0. The molecule has 0 N–H and O–H groups in total. The molecule has 3 heteroatoms. The number of nitrogens with zero attached hydrogens (tertiary/aromatic N) is 2. The van der Waals surface area contributed by atoms with Crippen LogP contribution in [0.5, 0.6) is 0 Å². The molecule has 0 unspecified atom stereocenters. The van der Waals surface area contributed by atoms with Crippen molar-refractivity contribution >= 4 is 88.4 Å². The van der Waals surface area contributed by atoms with Gasteiger partial charge in [-0.25, -0.2) is 0 Å². The summed E-state index contributed by atoms with van der Waals surface area (Å²) in [6, 6.07) is 87.2. The van der Waals surface area contributed by atoms with Gasteiger partial charge in [0.2, 0.25) is 0 Å². The fourth-order valence-electron chi connectivity index (χ4n) is 9.51. The van der Waals surface area contributed by atoms with Crippen LogP contribution in [0.3, 0.4) is 0 Å². The summed E-state index contributed by atoms with van der Waals surface area (Å²) in [5.74, 6) is 0. The molecule has 0 saturated carbocycles. The van der Waals surface area contributed by atoms with Crippen LogP contribution in [-0.4, -0.2) is 0 Å². The summed E-state index contributed by atoms with van der Waals surface area (Å²) < 4.78 is 6.58. The second-order valence-electron chi connectivity index (χ2n) is 16.1. The third-order valence-electron chi connectivity index (χ3n) is 12.4. The maximum Gasteiger partial charge on any atom is 0.138 e. The van der Waals surface area contributed by atoms with E-state index in [0.29, 0.717) is 0 Å². The molecule has 3 nitrogen and oxygen atoms in total. The molecule has 11 aromatic carbocycles. The molecule has 0 bridgehead atoms. The molecule has 12 rings (SSSR count). The van der Waals surface area contributed by atoms with E-state index in [9.17, 15) is 0 Å². The van der Waals surface area contributed by atoms with Crippen molar-refractivity contribution in [3.05, 3.63) is 243 Å². The maximum atomic E-state index is 6.58. The fraction of sp³-hybridized carbons (Fsp3) is 0. The third-order valence-corrected chi connectivity index (χ3v) is 12.4. The van der Waals surface area contributed by atoms with Crippen LogP contribution in [0, 0.1) is 0 Å². The minimum atomic E-state index is 0.864. The molecule has 0 saturated heterocycles. The van der Waals surface area contributed by atoms with Crippen LogP contribution in [0.25, 0.3) is 76.5 Å². The molecule has 0 aliphatic carbocycles. The van der Waals surface area contributed by atoms with Gasteiger partial charge < -0.3 is 14.2 Å². The van der Waals surface area contributed by atoms with Gasteiger partial charge in [-0.3, -0.25) is 0 Å². The Morgan fingerprint density at radius 1 is 0.270 bits per heavy atom. The molecule has 63 heavy (non-hydrogen) atoms. The quantitative estimate of drug-likeness (QED) is 0.153. The minimum absolute atomic E-state index is 0.864. The van der Waals surface area contributed by atoms with E-state index in [1.165, 1.54) is 43.8 Å². The molecular weight excluding hydrogens is 765 g/mol. The molecule has 0 spiro atoms. The van der Waals surface area contributed by atoms with E-state index in [1.54, 1.807) is 0 Å². The van der Waals surface area contributed by atoms with Gasteiger partial charge in [0.15, 0.2) is 0 Å². The van der Waals surface area contributed by atoms with Crippen molar-refractivity contribution in [3.8, 4) is 22.3 Å². The van der Waals surface area contributed by atoms with E-state index in [2.05, 4.69) is 246 Å². The van der Waals surface area contributed by atoms with Gasteiger partial charge in [0.1, 0.15) is 11.2 Å². The van der Waals surface area contributed by atoms with Crippen molar-refractivity contribution in [2.24, 2.45) is 0 Å². The van der Waals surface area contributed by atoms with E-state index in [0.717, 1.165) is 66.8 Å². The Bertz CT molecular complexity index is 3620. The standard InChI is InChI=1S/C60H40N2O/c1-3-21-46(22-4-1)61(48-35-33-42(34-36-48)56-38-45(37-43-18-8-11-28-52(43)56)53-31-15-20-41-17-7-10-27-51(41)53)49-25-16-26-50(40-49)62(47-23-5-2-6-24-47)60-54-29-12-9-19-44(54)39-58-59(60)55-30-13-14-32-57(55)63-58/h1-40H. The lowest BCUT2D eigenvalue weighted by Gasteiger charge is -2.30. The van der Waals surface area contributed by atoms with Gasteiger partial charge in [0.25, 0.3) is 0 Å². The second kappa shape index (κ2) is 15.3. The molecule has 1 heterocycles. The van der Waals surface area contributed by atoms with Gasteiger partial charge in [0.05, 0.1) is 11.1 Å². The number of anilines is 6. The Kier molecular flexibility index (Phi) is 8.83. The molecule has 296 valence electrons. The summed E-state index contributed by atoms with van der Waals surface area (Å²) in [7, 11) is 0. The number of para-hydroxylation sites is 3. The highest BCUT2D eigenvalue weighted by Crippen LogP contribution is 2.48. The summed E-state index contributed by atoms with van der Waals surface area (Å²) in [5, 5.41) is 9.40.